The van der Waals surface area contributed by atoms with Crippen molar-refractivity contribution in [2.75, 3.05) is 4.90 Å². The zero-order chi connectivity index (χ0) is 35.6. The minimum atomic E-state index is 0.0852. The van der Waals surface area contributed by atoms with Crippen LogP contribution in [0, 0.1) is 5.92 Å². The highest BCUT2D eigenvalue weighted by Gasteiger charge is 2.40. The Morgan fingerprint density at radius 2 is 1.52 bits per heavy atom. The number of rotatable bonds is 5. The minimum absolute atomic E-state index is 0.0852. The number of thiophene rings is 1. The monoisotopic (exact) mass is 713 g/mol. The molecule has 11 rings (SSSR count). The number of para-hydroxylation sites is 2. The number of benzene rings is 4. The van der Waals surface area contributed by atoms with E-state index in [1.54, 1.807) is 5.57 Å². The Morgan fingerprint density at radius 3 is 2.43 bits per heavy atom. The van der Waals surface area contributed by atoms with Crippen molar-refractivity contribution in [2.24, 2.45) is 5.92 Å². The summed E-state index contributed by atoms with van der Waals surface area (Å²) in [5.74, 6) is 1.43. The maximum Gasteiger partial charge on any atom is 0.231 e. The lowest BCUT2D eigenvalue weighted by Gasteiger charge is -2.29. The van der Waals surface area contributed by atoms with Gasteiger partial charge >= 0.3 is 0 Å². The average molecular weight is 714 g/mol. The molecule has 0 amide bonds. The van der Waals surface area contributed by atoms with Crippen molar-refractivity contribution in [3.8, 4) is 0 Å². The number of hydrogen-bond acceptors (Lipinski definition) is 4. The van der Waals surface area contributed by atoms with Gasteiger partial charge in [-0.05, 0) is 89.3 Å². The van der Waals surface area contributed by atoms with E-state index in [2.05, 4.69) is 163 Å². The molecule has 4 heteroatoms. The Morgan fingerprint density at radius 1 is 0.685 bits per heavy atom. The van der Waals surface area contributed by atoms with Gasteiger partial charge in [0.2, 0.25) is 5.95 Å². The number of aromatic nitrogens is 2. The molecule has 0 bridgehead atoms. The van der Waals surface area contributed by atoms with Crippen LogP contribution in [0.25, 0.3) is 42.2 Å². The lowest BCUT2D eigenvalue weighted by atomic mass is 9.79. The molecule has 0 saturated carbocycles. The number of nitrogens with zero attached hydrogens (tertiary/aromatic N) is 3. The van der Waals surface area contributed by atoms with E-state index in [0.29, 0.717) is 5.92 Å². The lowest BCUT2D eigenvalue weighted by Crippen LogP contribution is -2.30. The normalized spacial score (nSPS) is 21.8. The number of hydrogen-bond donors (Lipinski definition) is 0. The fourth-order valence-corrected chi connectivity index (χ4v) is 10.7. The highest BCUT2D eigenvalue weighted by molar-refractivity contribution is 7.26. The average Bonchev–Trinajstić information content (AvgIpc) is 3.79. The van der Waals surface area contributed by atoms with Crippen LogP contribution >= 0.6 is 11.3 Å². The molecule has 3 unspecified atom stereocenters. The van der Waals surface area contributed by atoms with Gasteiger partial charge in [0, 0.05) is 43.1 Å². The Kier molecular flexibility index (Phi) is 7.58. The zero-order valence-electron chi connectivity index (χ0n) is 30.0. The molecule has 2 aromatic heterocycles. The van der Waals surface area contributed by atoms with Gasteiger partial charge in [0.25, 0.3) is 0 Å². The minimum Gasteiger partial charge on any atom is -0.302 e. The number of anilines is 2. The van der Waals surface area contributed by atoms with E-state index >= 15 is 0 Å². The second-order valence-electron chi connectivity index (χ2n) is 15.0. The summed E-state index contributed by atoms with van der Waals surface area (Å²) in [5.41, 5.74) is 13.0. The Hall–Kier alpha value is -5.84. The summed E-state index contributed by atoms with van der Waals surface area (Å²) in [6.45, 7) is 0. The maximum absolute atomic E-state index is 5.49. The topological polar surface area (TPSA) is 29.0 Å². The van der Waals surface area contributed by atoms with Crippen LogP contribution in [0.4, 0.5) is 11.6 Å². The summed E-state index contributed by atoms with van der Waals surface area (Å²) in [7, 11) is 0. The first-order chi connectivity index (χ1) is 26.8. The van der Waals surface area contributed by atoms with E-state index in [1.165, 1.54) is 59.3 Å². The lowest BCUT2D eigenvalue weighted by molar-refractivity contribution is 0.732. The molecule has 3 heterocycles. The zero-order valence-corrected chi connectivity index (χ0v) is 30.8. The molecule has 6 aromatic rings. The second kappa shape index (κ2) is 12.9. The summed E-state index contributed by atoms with van der Waals surface area (Å²) >= 11 is 1.90. The highest BCUT2D eigenvalue weighted by Crippen LogP contribution is 2.50. The fourth-order valence-electron chi connectivity index (χ4n) is 9.42. The van der Waals surface area contributed by atoms with Crippen molar-refractivity contribution in [1.29, 1.82) is 0 Å². The maximum atomic E-state index is 5.49. The molecule has 0 N–H and O–H groups in total. The molecule has 54 heavy (non-hydrogen) atoms. The predicted molar refractivity (Wildman–Crippen MR) is 228 cm³/mol. The first-order valence-electron chi connectivity index (χ1n) is 19.4. The molecular weight excluding hydrogens is 675 g/mol. The van der Waals surface area contributed by atoms with Crippen LogP contribution in [0.15, 0.2) is 175 Å². The third-order valence-electron chi connectivity index (χ3n) is 12.0. The van der Waals surface area contributed by atoms with Crippen LogP contribution in [0.1, 0.15) is 54.8 Å². The molecule has 0 saturated heterocycles. The summed E-state index contributed by atoms with van der Waals surface area (Å²) in [4.78, 5) is 13.2. The van der Waals surface area contributed by atoms with E-state index in [4.69, 9.17) is 9.97 Å². The Labute approximate surface area is 320 Å². The molecular formula is C50H39N3S. The van der Waals surface area contributed by atoms with Crippen molar-refractivity contribution >= 4 is 65.2 Å². The molecule has 0 spiro atoms. The van der Waals surface area contributed by atoms with Crippen molar-refractivity contribution in [2.45, 2.75) is 44.1 Å². The molecule has 0 fully saturated rings. The number of fused-ring (bicyclic) bond motifs is 7. The van der Waals surface area contributed by atoms with Gasteiger partial charge < -0.3 is 4.90 Å². The van der Waals surface area contributed by atoms with E-state index in [9.17, 15) is 0 Å². The van der Waals surface area contributed by atoms with Crippen LogP contribution < -0.4 is 4.90 Å². The standard InChI is InChI=1S/C50H39N3S/c1-2-13-32(14-3-1)36-15-4-5-16-37(36)33-25-27-34(28-26-33)48-42-19-6-9-22-44(42)51-50(52-48)53-45-23-10-7-17-39(45)43-31-35(29-30-46(43)53)38-20-12-21-41-40-18-8-11-24-47(40)54-49(38)41/h1-4,6-13,15,17-25,27,29-32,43,46H,5,14,16,26,28H2. The summed E-state index contributed by atoms with van der Waals surface area (Å²) in [6, 6.07) is 33.0. The molecule has 1 aliphatic heterocycles. The van der Waals surface area contributed by atoms with Crippen LogP contribution in [0.5, 0.6) is 0 Å². The van der Waals surface area contributed by atoms with Crippen molar-refractivity contribution in [3.63, 3.8) is 0 Å². The molecule has 3 nitrogen and oxygen atoms in total. The van der Waals surface area contributed by atoms with E-state index in [1.807, 2.05) is 11.3 Å². The van der Waals surface area contributed by atoms with Gasteiger partial charge in [0.05, 0.1) is 17.3 Å². The summed E-state index contributed by atoms with van der Waals surface area (Å²) in [5, 5.41) is 3.79. The van der Waals surface area contributed by atoms with Gasteiger partial charge in [-0.25, -0.2) is 9.97 Å². The largest absolute Gasteiger partial charge is 0.302 e. The van der Waals surface area contributed by atoms with Gasteiger partial charge in [0.15, 0.2) is 0 Å². The third kappa shape index (κ3) is 5.15. The van der Waals surface area contributed by atoms with Gasteiger partial charge in [-0.1, -0.05) is 140 Å². The highest BCUT2D eigenvalue weighted by atomic mass is 32.1. The van der Waals surface area contributed by atoms with Gasteiger partial charge in [0.1, 0.15) is 0 Å². The van der Waals surface area contributed by atoms with Crippen molar-refractivity contribution in [3.05, 3.63) is 191 Å². The van der Waals surface area contributed by atoms with Gasteiger partial charge in [-0.2, -0.15) is 0 Å². The SMILES string of the molecule is C1=CCC(C2=C(C3=CC=C(c4nc(N5c6ccccc6C6C=C(c7cccc8c7sc7ccccc78)C=CC65)nc5ccccc45)CC3)CCC=C2)C=C1. The van der Waals surface area contributed by atoms with Crippen LogP contribution in [0.3, 0.4) is 0 Å². The Balaban J connectivity index is 0.985. The van der Waals surface area contributed by atoms with Gasteiger partial charge in [-0.15, -0.1) is 11.3 Å². The van der Waals surface area contributed by atoms with Gasteiger partial charge in [-0.3, -0.25) is 0 Å². The van der Waals surface area contributed by atoms with Crippen molar-refractivity contribution < 1.29 is 0 Å². The van der Waals surface area contributed by atoms with Crippen LogP contribution in [0.2, 0.25) is 0 Å². The second-order valence-corrected chi connectivity index (χ2v) is 16.1. The predicted octanol–water partition coefficient (Wildman–Crippen LogP) is 13.1. The molecule has 4 aliphatic carbocycles. The first kappa shape index (κ1) is 31.7. The molecule has 0 radical (unpaired) electrons. The smallest absolute Gasteiger partial charge is 0.231 e. The van der Waals surface area contributed by atoms with Crippen LogP contribution in [-0.4, -0.2) is 16.0 Å². The molecule has 260 valence electrons. The van der Waals surface area contributed by atoms with Crippen molar-refractivity contribution in [1.82, 2.24) is 9.97 Å². The van der Waals surface area contributed by atoms with E-state index in [-0.39, 0.29) is 12.0 Å². The van der Waals surface area contributed by atoms with E-state index < -0.39 is 0 Å². The van der Waals surface area contributed by atoms with E-state index in [0.717, 1.165) is 54.6 Å². The summed E-state index contributed by atoms with van der Waals surface area (Å²) in [6.07, 6.45) is 31.1. The Bertz CT molecular complexity index is 2780. The molecule has 3 atom stereocenters. The summed E-state index contributed by atoms with van der Waals surface area (Å²) < 4.78 is 2.69. The number of allylic oxidation sites excluding steroid dienone is 14. The van der Waals surface area contributed by atoms with Crippen LogP contribution in [-0.2, 0) is 0 Å². The molecule has 5 aliphatic rings. The molecule has 4 aromatic carbocycles. The fraction of sp³-hybridized carbons (Fsp3) is 0.160. The first-order valence-corrected chi connectivity index (χ1v) is 20.2. The third-order valence-corrected chi connectivity index (χ3v) is 13.2. The quantitative estimate of drug-likeness (QED) is 0.178.